The molecule has 1 saturated heterocycles. The summed E-state index contributed by atoms with van der Waals surface area (Å²) in [7, 11) is -3.68. The number of rotatable bonds is 8. The second-order valence-electron chi connectivity index (χ2n) is 6.10. The number of carbonyl (C=O) groups excluding carboxylic acids is 1. The van der Waals surface area contributed by atoms with E-state index in [0.29, 0.717) is 19.4 Å². The molecule has 144 valence electrons. The lowest BCUT2D eigenvalue weighted by Crippen LogP contribution is -2.51. The molecule has 0 aromatic carbocycles. The van der Waals surface area contributed by atoms with Gasteiger partial charge in [-0.2, -0.15) is 4.31 Å². The van der Waals surface area contributed by atoms with Gasteiger partial charge >= 0.3 is 5.97 Å². The number of aliphatic carboxylic acids is 1. The fourth-order valence-corrected chi connectivity index (χ4v) is 3.47. The first-order valence-corrected chi connectivity index (χ1v) is 10.1. The average molecular weight is 385 g/mol. The van der Waals surface area contributed by atoms with Crippen LogP contribution in [0.2, 0.25) is 0 Å². The molecule has 1 N–H and O–H groups in total. The number of hydrogen-bond acceptors (Lipinski definition) is 6. The third-order valence-electron chi connectivity index (χ3n) is 4.00. The van der Waals surface area contributed by atoms with E-state index in [9.17, 15) is 18.0 Å². The second-order valence-corrected chi connectivity index (χ2v) is 8.09. The molecule has 1 atom stereocenters. The second kappa shape index (κ2) is 9.06. The van der Waals surface area contributed by atoms with Crippen LogP contribution in [0.5, 0.6) is 0 Å². The monoisotopic (exact) mass is 385 g/mol. The highest BCUT2D eigenvalue weighted by molar-refractivity contribution is 7.88. The van der Waals surface area contributed by atoms with Crippen LogP contribution in [0.4, 0.5) is 0 Å². The van der Waals surface area contributed by atoms with Crippen LogP contribution in [-0.2, 0) is 30.8 Å². The molecule has 0 spiro atoms. The van der Waals surface area contributed by atoms with Gasteiger partial charge < -0.3 is 14.7 Å². The summed E-state index contributed by atoms with van der Waals surface area (Å²) < 4.78 is 29.8. The lowest BCUT2D eigenvalue weighted by Gasteiger charge is -2.35. The molecule has 1 aliphatic heterocycles. The summed E-state index contributed by atoms with van der Waals surface area (Å²) in [6.07, 6.45) is 2.89. The van der Waals surface area contributed by atoms with Crippen LogP contribution in [0.1, 0.15) is 12.1 Å². The quantitative estimate of drug-likeness (QED) is 0.646. The maximum absolute atomic E-state index is 12.4. The van der Waals surface area contributed by atoms with Crippen molar-refractivity contribution in [1.29, 1.82) is 0 Å². The number of nitrogens with zero attached hydrogens (tertiary/aromatic N) is 3. The van der Waals surface area contributed by atoms with Gasteiger partial charge in [-0.1, -0.05) is 6.07 Å². The molecule has 1 amide bonds. The molecular weight excluding hydrogens is 362 g/mol. The Morgan fingerprint density at radius 3 is 2.81 bits per heavy atom. The van der Waals surface area contributed by atoms with Crippen molar-refractivity contribution >= 4 is 21.9 Å². The van der Waals surface area contributed by atoms with Gasteiger partial charge in [-0.3, -0.25) is 14.6 Å². The number of amides is 1. The van der Waals surface area contributed by atoms with E-state index in [0.717, 1.165) is 16.3 Å². The van der Waals surface area contributed by atoms with Gasteiger partial charge in [0.25, 0.3) is 0 Å². The number of sulfonamides is 1. The molecule has 0 aliphatic carbocycles. The maximum atomic E-state index is 12.4. The Kier molecular flexibility index (Phi) is 7.06. The molecule has 2 rings (SSSR count). The van der Waals surface area contributed by atoms with Crippen molar-refractivity contribution in [2.24, 2.45) is 0 Å². The van der Waals surface area contributed by atoms with Crippen LogP contribution in [0, 0.1) is 0 Å². The van der Waals surface area contributed by atoms with E-state index in [2.05, 4.69) is 4.98 Å². The van der Waals surface area contributed by atoms with Gasteiger partial charge in [0.1, 0.15) is 6.54 Å². The summed E-state index contributed by atoms with van der Waals surface area (Å²) >= 11 is 0. The predicted octanol–water partition coefficient (Wildman–Crippen LogP) is -0.412. The van der Waals surface area contributed by atoms with Crippen molar-refractivity contribution in [3.63, 3.8) is 0 Å². The van der Waals surface area contributed by atoms with E-state index in [1.807, 2.05) is 18.2 Å². The summed E-state index contributed by atoms with van der Waals surface area (Å²) in [6, 6.07) is 5.52. The zero-order chi connectivity index (χ0) is 19.2. The molecule has 1 aliphatic rings. The molecule has 26 heavy (non-hydrogen) atoms. The lowest BCUT2D eigenvalue weighted by atomic mass is 10.2. The van der Waals surface area contributed by atoms with Crippen LogP contribution in [0.15, 0.2) is 24.4 Å². The molecule has 0 bridgehead atoms. The Morgan fingerprint density at radius 1 is 1.42 bits per heavy atom. The number of morpholine rings is 1. The van der Waals surface area contributed by atoms with Gasteiger partial charge in [-0.15, -0.1) is 0 Å². The van der Waals surface area contributed by atoms with Crippen molar-refractivity contribution in [3.8, 4) is 0 Å². The third-order valence-corrected chi connectivity index (χ3v) is 5.22. The molecular formula is C16H23N3O6S. The highest BCUT2D eigenvalue weighted by Gasteiger charge is 2.29. The topological polar surface area (TPSA) is 117 Å². The third kappa shape index (κ3) is 6.36. The van der Waals surface area contributed by atoms with E-state index in [-0.39, 0.29) is 25.6 Å². The van der Waals surface area contributed by atoms with Gasteiger partial charge in [0.05, 0.1) is 19.0 Å². The van der Waals surface area contributed by atoms with Gasteiger partial charge in [-0.25, -0.2) is 8.42 Å². The minimum absolute atomic E-state index is 0.0620. The number of aromatic nitrogens is 1. The summed E-state index contributed by atoms with van der Waals surface area (Å²) in [6.45, 7) is 0.203. The van der Waals surface area contributed by atoms with Crippen molar-refractivity contribution in [3.05, 3.63) is 30.1 Å². The number of carbonyl (C=O) groups is 2. The Morgan fingerprint density at radius 2 is 2.19 bits per heavy atom. The van der Waals surface area contributed by atoms with Gasteiger partial charge in [0.2, 0.25) is 15.9 Å². The van der Waals surface area contributed by atoms with E-state index in [1.54, 1.807) is 11.1 Å². The first kappa shape index (κ1) is 20.3. The van der Waals surface area contributed by atoms with Gasteiger partial charge in [-0.05, 0) is 18.6 Å². The highest BCUT2D eigenvalue weighted by Crippen LogP contribution is 2.11. The largest absolute Gasteiger partial charge is 0.480 e. The maximum Gasteiger partial charge on any atom is 0.318 e. The SMILES string of the molecule is CS(=O)(=O)N(CC(=O)O)CC1CN(C(=O)CCc2ccccn2)CCO1. The number of ether oxygens (including phenoxy) is 1. The van der Waals surface area contributed by atoms with E-state index >= 15 is 0 Å². The molecule has 10 heteroatoms. The first-order valence-electron chi connectivity index (χ1n) is 8.22. The number of carboxylic acids is 1. The molecule has 2 heterocycles. The van der Waals surface area contributed by atoms with Crippen molar-refractivity contribution in [2.45, 2.75) is 18.9 Å². The van der Waals surface area contributed by atoms with E-state index in [1.165, 1.54) is 0 Å². The Hall–Kier alpha value is -2.04. The molecule has 1 aromatic rings. The minimum atomic E-state index is -3.68. The number of aryl methyl sites for hydroxylation is 1. The minimum Gasteiger partial charge on any atom is -0.480 e. The van der Waals surface area contributed by atoms with Crippen molar-refractivity contribution < 1.29 is 27.9 Å². The molecule has 1 fully saturated rings. The fourth-order valence-electron chi connectivity index (χ4n) is 2.69. The fraction of sp³-hybridized carbons (Fsp3) is 0.562. The van der Waals surface area contributed by atoms with Crippen molar-refractivity contribution in [2.75, 3.05) is 39.0 Å². The van der Waals surface area contributed by atoms with Crippen LogP contribution in [-0.4, -0.2) is 84.7 Å². The van der Waals surface area contributed by atoms with Crippen LogP contribution in [0.25, 0.3) is 0 Å². The van der Waals surface area contributed by atoms with Crippen LogP contribution >= 0.6 is 0 Å². The van der Waals surface area contributed by atoms with Crippen LogP contribution < -0.4 is 0 Å². The molecule has 1 aromatic heterocycles. The average Bonchev–Trinajstić information content (AvgIpc) is 2.59. The lowest BCUT2D eigenvalue weighted by molar-refractivity contribution is -0.141. The summed E-state index contributed by atoms with van der Waals surface area (Å²) in [4.78, 5) is 29.1. The molecule has 0 saturated carbocycles. The zero-order valence-electron chi connectivity index (χ0n) is 14.6. The first-order chi connectivity index (χ1) is 12.3. The van der Waals surface area contributed by atoms with Crippen molar-refractivity contribution in [1.82, 2.24) is 14.2 Å². The van der Waals surface area contributed by atoms with Crippen LogP contribution in [0.3, 0.4) is 0 Å². The normalized spacial score (nSPS) is 18.1. The Labute approximate surface area is 152 Å². The smallest absolute Gasteiger partial charge is 0.318 e. The Bertz CT molecular complexity index is 725. The van der Waals surface area contributed by atoms with E-state index in [4.69, 9.17) is 9.84 Å². The van der Waals surface area contributed by atoms with Gasteiger partial charge in [0.15, 0.2) is 0 Å². The zero-order valence-corrected chi connectivity index (χ0v) is 15.4. The molecule has 1 unspecified atom stereocenters. The molecule has 9 nitrogen and oxygen atoms in total. The summed E-state index contributed by atoms with van der Waals surface area (Å²) in [5.41, 5.74) is 0.829. The molecule has 0 radical (unpaired) electrons. The highest BCUT2D eigenvalue weighted by atomic mass is 32.2. The van der Waals surface area contributed by atoms with Gasteiger partial charge in [0, 0.05) is 37.9 Å². The predicted molar refractivity (Wildman–Crippen MR) is 92.9 cm³/mol. The number of pyridine rings is 1. The van der Waals surface area contributed by atoms with E-state index < -0.39 is 28.6 Å². The standard InChI is InChI=1S/C16H23N3O6S/c1-26(23,24)19(12-16(21)22)11-14-10-18(8-9-25-14)15(20)6-5-13-4-2-3-7-17-13/h2-4,7,14H,5-6,8-12H2,1H3,(H,21,22). The summed E-state index contributed by atoms with van der Waals surface area (Å²) in [5, 5.41) is 8.88. The summed E-state index contributed by atoms with van der Waals surface area (Å²) in [5.74, 6) is -1.30. The number of hydrogen-bond donors (Lipinski definition) is 1. The number of carboxylic acid groups (broad SMARTS) is 1. The Balaban J connectivity index is 1.90.